The summed E-state index contributed by atoms with van der Waals surface area (Å²) < 4.78 is 22.3. The van der Waals surface area contributed by atoms with Gasteiger partial charge in [0, 0.05) is 22.2 Å². The van der Waals surface area contributed by atoms with E-state index in [2.05, 4.69) is 21.7 Å². The normalized spacial score (nSPS) is 19.9. The van der Waals surface area contributed by atoms with E-state index in [0.717, 1.165) is 12.8 Å². The fraction of sp³-hybridized carbons (Fsp3) is 0.483. The Morgan fingerprint density at radius 3 is 2.37 bits per heavy atom. The third-order valence-corrected chi connectivity index (χ3v) is 7.91. The van der Waals surface area contributed by atoms with Crippen molar-refractivity contribution >= 4 is 47.1 Å². The zero-order chi connectivity index (χ0) is 31.4. The molecular weight excluding hydrogens is 601 g/mol. The van der Waals surface area contributed by atoms with Crippen molar-refractivity contribution in [1.29, 1.82) is 5.26 Å². The second kappa shape index (κ2) is 13.6. The number of fused-ring (bicyclic) bond motifs is 1. The van der Waals surface area contributed by atoms with Crippen molar-refractivity contribution in [3.63, 3.8) is 0 Å². The Hall–Kier alpha value is -3.95. The third kappa shape index (κ3) is 7.00. The Morgan fingerprint density at radius 1 is 1.14 bits per heavy atom. The van der Waals surface area contributed by atoms with Gasteiger partial charge in [-0.1, -0.05) is 44.0 Å². The van der Waals surface area contributed by atoms with Crippen molar-refractivity contribution in [3.05, 3.63) is 39.4 Å². The van der Waals surface area contributed by atoms with Gasteiger partial charge in [0.25, 0.3) is 0 Å². The van der Waals surface area contributed by atoms with Gasteiger partial charge in [0.1, 0.15) is 29.9 Å². The van der Waals surface area contributed by atoms with Gasteiger partial charge in [-0.25, -0.2) is 23.9 Å². The van der Waals surface area contributed by atoms with Crippen molar-refractivity contribution in [2.45, 2.75) is 46.6 Å². The van der Waals surface area contributed by atoms with Gasteiger partial charge in [-0.15, -0.1) is 0 Å². The number of methoxy groups -OCH3 is 1. The average Bonchev–Trinajstić information content (AvgIpc) is 3.49. The van der Waals surface area contributed by atoms with Crippen molar-refractivity contribution in [2.24, 2.45) is 17.8 Å². The molecule has 12 nitrogen and oxygen atoms in total. The number of H-pyrrole nitrogens is 1. The first-order valence-corrected chi connectivity index (χ1v) is 14.6. The summed E-state index contributed by atoms with van der Waals surface area (Å²) in [7, 11) is 1.17. The number of hydrogen-bond donors (Lipinski definition) is 1. The van der Waals surface area contributed by atoms with E-state index in [9.17, 15) is 19.6 Å². The van der Waals surface area contributed by atoms with E-state index in [4.69, 9.17) is 37.4 Å². The highest BCUT2D eigenvalue weighted by molar-refractivity contribution is 6.35. The number of ether oxygens (including phenoxy) is 4. The lowest BCUT2D eigenvalue weighted by molar-refractivity contribution is -0.0251. The molecule has 1 aliphatic rings. The van der Waals surface area contributed by atoms with Crippen molar-refractivity contribution in [1.82, 2.24) is 19.5 Å². The number of halogens is 2. The number of esters is 1. The van der Waals surface area contributed by atoms with Gasteiger partial charge < -0.3 is 23.8 Å². The van der Waals surface area contributed by atoms with Crippen molar-refractivity contribution < 1.29 is 33.3 Å². The second-order valence-electron chi connectivity index (χ2n) is 10.7. The summed E-state index contributed by atoms with van der Waals surface area (Å²) in [6, 6.07) is 6.78. The minimum Gasteiger partial charge on any atom is -0.458 e. The summed E-state index contributed by atoms with van der Waals surface area (Å²) in [5.41, 5.74) is 0.155. The third-order valence-electron chi connectivity index (χ3n) is 7.47. The standard InChI is InChI=1S/C29H33Cl2N5O7/c1-6-35(7-8-41-29(39)40-5)28(38)43-26-21(14-32)22(27(37)42-23-16(3)9-15(2)10-17(23)4)25-33-24(34-36(25)26)18-11-19(30)13-20(31)12-18/h11-13,15-17,23H,6-10H2,1-5H3,(H,33,34). The van der Waals surface area contributed by atoms with Crippen LogP contribution in [0.25, 0.3) is 17.0 Å². The molecule has 0 bridgehead atoms. The van der Waals surface area contributed by atoms with Crippen LogP contribution >= 0.6 is 23.2 Å². The number of nitrogens with one attached hydrogen (secondary N) is 1. The van der Waals surface area contributed by atoms with E-state index in [1.165, 1.54) is 16.5 Å². The highest BCUT2D eigenvalue weighted by Gasteiger charge is 2.37. The molecule has 4 rings (SSSR count). The van der Waals surface area contributed by atoms with Crippen molar-refractivity contribution in [3.8, 4) is 23.3 Å². The Kier molecular flexibility index (Phi) is 10.1. The SMILES string of the molecule is CCN(CCOC(=O)OC)C(=O)Oc1c(C#N)c(C(=O)OC2C(C)CC(C)CC2C)c2nc(-c3cc(Cl)cc(Cl)c3)[nH]n12. The molecule has 3 aromatic rings. The van der Waals surface area contributed by atoms with Crippen LogP contribution in [-0.4, -0.2) is 70.6 Å². The van der Waals surface area contributed by atoms with Crippen LogP contribution in [0.5, 0.6) is 5.88 Å². The number of carbonyl (C=O) groups excluding carboxylic acids is 3. The fourth-order valence-corrected chi connectivity index (χ4v) is 6.16. The summed E-state index contributed by atoms with van der Waals surface area (Å²) in [4.78, 5) is 44.1. The molecular formula is C29H33Cl2N5O7. The molecule has 1 N–H and O–H groups in total. The molecule has 0 radical (unpaired) electrons. The molecule has 43 heavy (non-hydrogen) atoms. The lowest BCUT2D eigenvalue weighted by atomic mass is 9.75. The lowest BCUT2D eigenvalue weighted by Crippen LogP contribution is -2.37. The highest BCUT2D eigenvalue weighted by atomic mass is 35.5. The molecule has 2 unspecified atom stereocenters. The Balaban J connectivity index is 1.75. The summed E-state index contributed by atoms with van der Waals surface area (Å²) >= 11 is 12.4. The van der Waals surface area contributed by atoms with Gasteiger partial charge in [0.15, 0.2) is 11.5 Å². The average molecular weight is 635 g/mol. The topological polar surface area (TPSA) is 148 Å². The zero-order valence-corrected chi connectivity index (χ0v) is 26.0. The van der Waals surface area contributed by atoms with Crippen LogP contribution in [0.2, 0.25) is 10.0 Å². The molecule has 2 atom stereocenters. The first-order chi connectivity index (χ1) is 20.5. The maximum absolute atomic E-state index is 13.8. The number of nitrogens with zero attached hydrogens (tertiary/aromatic N) is 4. The van der Waals surface area contributed by atoms with Crippen LogP contribution in [0.15, 0.2) is 18.2 Å². The number of rotatable bonds is 8. The molecule has 0 saturated heterocycles. The first-order valence-electron chi connectivity index (χ1n) is 13.9. The predicted octanol–water partition coefficient (Wildman–Crippen LogP) is 6.34. The minimum atomic E-state index is -0.894. The molecule has 1 aromatic carbocycles. The van der Waals surface area contributed by atoms with Gasteiger partial charge in [-0.05, 0) is 55.7 Å². The number of carbonyl (C=O) groups is 3. The quantitative estimate of drug-likeness (QED) is 0.280. The van der Waals surface area contributed by atoms with Gasteiger partial charge in [0.2, 0.25) is 5.88 Å². The molecule has 2 heterocycles. The van der Waals surface area contributed by atoms with E-state index < -0.39 is 18.2 Å². The van der Waals surface area contributed by atoms with E-state index in [1.54, 1.807) is 25.1 Å². The number of amides is 1. The minimum absolute atomic E-state index is 0.0130. The maximum Gasteiger partial charge on any atom is 0.508 e. The summed E-state index contributed by atoms with van der Waals surface area (Å²) in [5, 5.41) is 13.9. The van der Waals surface area contributed by atoms with Crippen LogP contribution in [0.1, 0.15) is 56.5 Å². The smallest absolute Gasteiger partial charge is 0.458 e. The first kappa shape index (κ1) is 32.0. The molecule has 1 amide bonds. The van der Waals surface area contributed by atoms with Crippen LogP contribution in [-0.2, 0) is 14.2 Å². The van der Waals surface area contributed by atoms with Crippen molar-refractivity contribution in [2.75, 3.05) is 26.8 Å². The number of aromatic amines is 1. The van der Waals surface area contributed by atoms with Crippen LogP contribution in [0.3, 0.4) is 0 Å². The largest absolute Gasteiger partial charge is 0.508 e. The molecule has 1 aliphatic carbocycles. The monoisotopic (exact) mass is 633 g/mol. The summed E-state index contributed by atoms with van der Waals surface area (Å²) in [6.45, 7) is 7.98. The highest BCUT2D eigenvalue weighted by Crippen LogP contribution is 2.37. The van der Waals surface area contributed by atoms with Crippen LogP contribution in [0.4, 0.5) is 9.59 Å². The molecule has 0 aliphatic heterocycles. The van der Waals surface area contributed by atoms with Gasteiger partial charge in [0.05, 0.1) is 13.7 Å². The Bertz CT molecular complexity index is 1530. The zero-order valence-electron chi connectivity index (χ0n) is 24.5. The molecule has 14 heteroatoms. The number of nitriles is 1. The molecule has 230 valence electrons. The predicted molar refractivity (Wildman–Crippen MR) is 157 cm³/mol. The van der Waals surface area contributed by atoms with E-state index >= 15 is 0 Å². The van der Waals surface area contributed by atoms with Gasteiger partial charge in [-0.2, -0.15) is 5.26 Å². The number of likely N-dealkylation sites (N-methyl/N-ethyl adjacent to an activating group) is 1. The second-order valence-corrected chi connectivity index (χ2v) is 11.6. The fourth-order valence-electron chi connectivity index (χ4n) is 5.63. The Morgan fingerprint density at radius 2 is 1.79 bits per heavy atom. The Labute approximate surface area is 258 Å². The summed E-state index contributed by atoms with van der Waals surface area (Å²) in [5.74, 6) is -0.0423. The van der Waals surface area contributed by atoms with Gasteiger partial charge >= 0.3 is 18.2 Å². The number of aromatic nitrogens is 3. The lowest BCUT2D eigenvalue weighted by Gasteiger charge is -2.37. The maximum atomic E-state index is 13.8. The van der Waals surface area contributed by atoms with Crippen LogP contribution < -0.4 is 4.74 Å². The molecule has 1 fully saturated rings. The molecule has 1 saturated carbocycles. The van der Waals surface area contributed by atoms with Gasteiger partial charge in [-0.3, -0.25) is 5.10 Å². The number of benzene rings is 1. The van der Waals surface area contributed by atoms with E-state index in [0.29, 0.717) is 21.5 Å². The van der Waals surface area contributed by atoms with E-state index in [-0.39, 0.29) is 66.1 Å². The summed E-state index contributed by atoms with van der Waals surface area (Å²) in [6.07, 6.45) is -0.315. The van der Waals surface area contributed by atoms with Crippen LogP contribution in [0, 0.1) is 29.1 Å². The molecule has 0 spiro atoms. The molecule has 2 aromatic heterocycles. The number of hydrogen-bond acceptors (Lipinski definition) is 9. The van der Waals surface area contributed by atoms with E-state index in [1.807, 2.05) is 19.9 Å².